The average Bonchev–Trinajstić information content (AvgIpc) is 2.45. The summed E-state index contributed by atoms with van der Waals surface area (Å²) in [6.45, 7) is 8.28. The molecule has 0 bridgehead atoms. The molecule has 1 aromatic heterocycles. The van der Waals surface area contributed by atoms with Gasteiger partial charge in [-0.05, 0) is 37.5 Å². The van der Waals surface area contributed by atoms with Gasteiger partial charge in [-0.3, -0.25) is 9.78 Å². The molecule has 2 rings (SSSR count). The lowest BCUT2D eigenvalue weighted by molar-refractivity contribution is -0.151. The summed E-state index contributed by atoms with van der Waals surface area (Å²) in [5.74, 6) is -0.0429. The highest BCUT2D eigenvalue weighted by atomic mass is 16.5. The zero-order valence-electron chi connectivity index (χ0n) is 12.5. The van der Waals surface area contributed by atoms with Crippen LogP contribution in [0.2, 0.25) is 0 Å². The van der Waals surface area contributed by atoms with Crippen molar-refractivity contribution in [1.82, 2.24) is 4.98 Å². The number of esters is 1. The minimum atomic E-state index is -0.668. The standard InChI is InChI=1S/C17H21NO2/c1-5-20-16(19)17(4,12(2)3)14-9-6-10-15-13(14)8-7-11-18-15/h6-12H,5H2,1-4H3. The van der Waals surface area contributed by atoms with Gasteiger partial charge in [0.15, 0.2) is 0 Å². The summed E-state index contributed by atoms with van der Waals surface area (Å²) in [4.78, 5) is 16.9. The molecule has 0 amide bonds. The Balaban J connectivity index is 2.67. The fraction of sp³-hybridized carbons (Fsp3) is 0.412. The van der Waals surface area contributed by atoms with Crippen LogP contribution in [0.5, 0.6) is 0 Å². The van der Waals surface area contributed by atoms with Crippen molar-refractivity contribution in [2.75, 3.05) is 6.61 Å². The highest BCUT2D eigenvalue weighted by Gasteiger charge is 2.41. The van der Waals surface area contributed by atoms with Crippen LogP contribution < -0.4 is 0 Å². The molecule has 1 aromatic carbocycles. The second-order valence-electron chi connectivity index (χ2n) is 5.45. The number of rotatable bonds is 4. The lowest BCUT2D eigenvalue weighted by atomic mass is 9.72. The van der Waals surface area contributed by atoms with E-state index in [0.717, 1.165) is 16.5 Å². The maximum absolute atomic E-state index is 12.5. The van der Waals surface area contributed by atoms with E-state index in [2.05, 4.69) is 4.98 Å². The topological polar surface area (TPSA) is 39.2 Å². The molecule has 0 radical (unpaired) electrons. The van der Waals surface area contributed by atoms with E-state index in [4.69, 9.17) is 4.74 Å². The summed E-state index contributed by atoms with van der Waals surface area (Å²) in [6.07, 6.45) is 1.77. The molecule has 20 heavy (non-hydrogen) atoms. The molecule has 3 heteroatoms. The van der Waals surface area contributed by atoms with Crippen LogP contribution in [0.15, 0.2) is 36.5 Å². The van der Waals surface area contributed by atoms with Crippen molar-refractivity contribution in [3.05, 3.63) is 42.1 Å². The first-order valence-corrected chi connectivity index (χ1v) is 7.03. The molecule has 3 nitrogen and oxygen atoms in total. The second kappa shape index (κ2) is 5.61. The Labute approximate surface area is 120 Å². The van der Waals surface area contributed by atoms with Crippen LogP contribution in [-0.4, -0.2) is 17.6 Å². The smallest absolute Gasteiger partial charge is 0.316 e. The molecule has 0 fully saturated rings. The van der Waals surface area contributed by atoms with Crippen molar-refractivity contribution in [1.29, 1.82) is 0 Å². The molecule has 0 N–H and O–H groups in total. The van der Waals surface area contributed by atoms with E-state index in [1.165, 1.54) is 0 Å². The second-order valence-corrected chi connectivity index (χ2v) is 5.45. The molecule has 1 atom stereocenters. The summed E-state index contributed by atoms with van der Waals surface area (Å²) in [5, 5.41) is 1.01. The molecular formula is C17H21NO2. The fourth-order valence-electron chi connectivity index (χ4n) is 2.49. The molecule has 0 aliphatic heterocycles. The molecule has 1 heterocycles. The summed E-state index contributed by atoms with van der Waals surface area (Å²) < 4.78 is 5.31. The van der Waals surface area contributed by atoms with E-state index < -0.39 is 5.41 Å². The van der Waals surface area contributed by atoms with Crippen molar-refractivity contribution in [3.63, 3.8) is 0 Å². The zero-order valence-corrected chi connectivity index (χ0v) is 12.5. The van der Waals surface area contributed by atoms with Crippen LogP contribution in [0.3, 0.4) is 0 Å². The predicted octanol–water partition coefficient (Wildman–Crippen LogP) is 3.71. The first kappa shape index (κ1) is 14.5. The monoisotopic (exact) mass is 271 g/mol. The Morgan fingerprint density at radius 3 is 2.70 bits per heavy atom. The van der Waals surface area contributed by atoms with Crippen molar-refractivity contribution >= 4 is 16.9 Å². The number of hydrogen-bond donors (Lipinski definition) is 0. The Morgan fingerprint density at radius 2 is 2.05 bits per heavy atom. The maximum Gasteiger partial charge on any atom is 0.316 e. The molecule has 0 saturated carbocycles. The Morgan fingerprint density at radius 1 is 1.30 bits per heavy atom. The number of fused-ring (bicyclic) bond motifs is 1. The average molecular weight is 271 g/mol. The van der Waals surface area contributed by atoms with E-state index in [1.54, 1.807) is 6.20 Å². The van der Waals surface area contributed by atoms with Gasteiger partial charge in [-0.15, -0.1) is 0 Å². The number of pyridine rings is 1. The van der Waals surface area contributed by atoms with E-state index in [0.29, 0.717) is 6.61 Å². The van der Waals surface area contributed by atoms with Gasteiger partial charge < -0.3 is 4.74 Å². The fourth-order valence-corrected chi connectivity index (χ4v) is 2.49. The number of nitrogens with zero attached hydrogens (tertiary/aromatic N) is 1. The third-order valence-electron chi connectivity index (χ3n) is 4.06. The third-order valence-corrected chi connectivity index (χ3v) is 4.06. The minimum absolute atomic E-state index is 0.132. The lowest BCUT2D eigenvalue weighted by Gasteiger charge is -2.32. The largest absolute Gasteiger partial charge is 0.465 e. The van der Waals surface area contributed by atoms with Crippen LogP contribution in [0.25, 0.3) is 10.9 Å². The van der Waals surface area contributed by atoms with Crippen molar-refractivity contribution < 1.29 is 9.53 Å². The quantitative estimate of drug-likeness (QED) is 0.796. The first-order chi connectivity index (χ1) is 9.51. The summed E-state index contributed by atoms with van der Waals surface area (Å²) in [5.41, 5.74) is 1.22. The zero-order chi connectivity index (χ0) is 14.8. The van der Waals surface area contributed by atoms with Crippen LogP contribution in [0.1, 0.15) is 33.3 Å². The number of aromatic nitrogens is 1. The molecular weight excluding hydrogens is 250 g/mol. The van der Waals surface area contributed by atoms with Crippen LogP contribution in [0, 0.1) is 5.92 Å². The van der Waals surface area contributed by atoms with Gasteiger partial charge in [0.25, 0.3) is 0 Å². The van der Waals surface area contributed by atoms with Gasteiger partial charge in [-0.1, -0.05) is 32.0 Å². The van der Waals surface area contributed by atoms with E-state index in [1.807, 2.05) is 58.0 Å². The van der Waals surface area contributed by atoms with E-state index >= 15 is 0 Å². The van der Waals surface area contributed by atoms with E-state index in [-0.39, 0.29) is 11.9 Å². The number of benzene rings is 1. The molecule has 0 aliphatic carbocycles. The van der Waals surface area contributed by atoms with Crippen molar-refractivity contribution in [2.45, 2.75) is 33.1 Å². The van der Waals surface area contributed by atoms with Gasteiger partial charge in [0.2, 0.25) is 0 Å². The highest BCUT2D eigenvalue weighted by Crippen LogP contribution is 2.37. The molecule has 106 valence electrons. The number of carbonyl (C=O) groups excluding carboxylic acids is 1. The van der Waals surface area contributed by atoms with Gasteiger partial charge in [0, 0.05) is 11.6 Å². The molecule has 1 unspecified atom stereocenters. The van der Waals surface area contributed by atoms with Gasteiger partial charge in [0.1, 0.15) is 0 Å². The van der Waals surface area contributed by atoms with Gasteiger partial charge in [-0.2, -0.15) is 0 Å². The first-order valence-electron chi connectivity index (χ1n) is 7.03. The van der Waals surface area contributed by atoms with Gasteiger partial charge in [-0.25, -0.2) is 0 Å². The Hall–Kier alpha value is -1.90. The maximum atomic E-state index is 12.5. The van der Waals surface area contributed by atoms with E-state index in [9.17, 15) is 4.79 Å². The summed E-state index contributed by atoms with van der Waals surface area (Å²) in [7, 11) is 0. The lowest BCUT2D eigenvalue weighted by Crippen LogP contribution is -2.39. The van der Waals surface area contributed by atoms with Crippen LogP contribution in [-0.2, 0) is 14.9 Å². The van der Waals surface area contributed by atoms with Crippen LogP contribution >= 0.6 is 0 Å². The van der Waals surface area contributed by atoms with Crippen molar-refractivity contribution in [2.24, 2.45) is 5.92 Å². The summed E-state index contributed by atoms with van der Waals surface area (Å²) in [6, 6.07) is 9.82. The summed E-state index contributed by atoms with van der Waals surface area (Å²) >= 11 is 0. The number of ether oxygens (including phenoxy) is 1. The molecule has 0 spiro atoms. The minimum Gasteiger partial charge on any atom is -0.465 e. The van der Waals surface area contributed by atoms with Gasteiger partial charge in [0.05, 0.1) is 17.5 Å². The molecule has 0 saturated heterocycles. The Bertz CT molecular complexity index is 616. The predicted molar refractivity (Wildman–Crippen MR) is 80.6 cm³/mol. The third kappa shape index (κ3) is 2.28. The SMILES string of the molecule is CCOC(=O)C(C)(c1cccc2ncccc12)C(C)C. The normalized spacial score (nSPS) is 14.2. The number of hydrogen-bond acceptors (Lipinski definition) is 3. The number of carbonyl (C=O) groups is 1. The van der Waals surface area contributed by atoms with Crippen molar-refractivity contribution in [3.8, 4) is 0 Å². The molecule has 0 aliphatic rings. The molecule has 2 aromatic rings. The highest BCUT2D eigenvalue weighted by molar-refractivity contribution is 5.92. The van der Waals surface area contributed by atoms with Crippen LogP contribution in [0.4, 0.5) is 0 Å². The Kier molecular flexibility index (Phi) is 4.07. The van der Waals surface area contributed by atoms with Gasteiger partial charge >= 0.3 is 5.97 Å².